The van der Waals surface area contributed by atoms with Crippen LogP contribution in [0.25, 0.3) is 0 Å². The maximum atomic E-state index is 12.0. The van der Waals surface area contributed by atoms with Gasteiger partial charge in [0.2, 0.25) is 5.96 Å². The highest BCUT2D eigenvalue weighted by Crippen LogP contribution is 2.24. The number of nitrogens with zero attached hydrogens (tertiary/aromatic N) is 3. The van der Waals surface area contributed by atoms with E-state index in [1.54, 1.807) is 18.2 Å². The summed E-state index contributed by atoms with van der Waals surface area (Å²) in [6.45, 7) is 1.82. The van der Waals surface area contributed by atoms with Crippen molar-refractivity contribution in [3.8, 4) is 0 Å². The normalized spacial score (nSPS) is 12.3. The van der Waals surface area contributed by atoms with Crippen LogP contribution in [0.5, 0.6) is 0 Å². The molecule has 2 aromatic rings. The predicted octanol–water partition coefficient (Wildman–Crippen LogP) is 2.22. The zero-order valence-electron chi connectivity index (χ0n) is 13.9. The Kier molecular flexibility index (Phi) is 6.60. The van der Waals surface area contributed by atoms with E-state index in [0.717, 1.165) is 5.56 Å². The number of hydrogen-bond acceptors (Lipinski definition) is 7. The van der Waals surface area contributed by atoms with Crippen LogP contribution in [-0.2, 0) is 14.4 Å². The fraction of sp³-hybridized carbons (Fsp3) is 0.0667. The highest BCUT2D eigenvalue weighted by atomic mass is 79.9. The Balaban J connectivity index is 2.02. The van der Waals surface area contributed by atoms with Gasteiger partial charge < -0.3 is 5.73 Å². The monoisotopic (exact) mass is 455 g/mol. The SMILES string of the molecule is Cc1ccc(S(=O)(=O)ONC(N)=NN=Cc2ccc(Br)c([N+](=O)[O-])c2)cc1. The summed E-state index contributed by atoms with van der Waals surface area (Å²) in [5.41, 5.74) is 8.60. The van der Waals surface area contributed by atoms with Crippen molar-refractivity contribution in [1.82, 2.24) is 5.48 Å². The minimum absolute atomic E-state index is 0.0564. The Hall–Kier alpha value is -2.83. The molecule has 0 saturated heterocycles. The number of guanidine groups is 1. The van der Waals surface area contributed by atoms with E-state index >= 15 is 0 Å². The number of nitrogens with one attached hydrogen (secondary N) is 1. The highest BCUT2D eigenvalue weighted by molar-refractivity contribution is 9.10. The lowest BCUT2D eigenvalue weighted by atomic mass is 10.2. The zero-order chi connectivity index (χ0) is 20.0. The van der Waals surface area contributed by atoms with E-state index in [2.05, 4.69) is 30.4 Å². The second kappa shape index (κ2) is 8.70. The van der Waals surface area contributed by atoms with Crippen molar-refractivity contribution < 1.29 is 17.6 Å². The Bertz CT molecular complexity index is 1010. The van der Waals surface area contributed by atoms with E-state index in [-0.39, 0.29) is 10.6 Å². The molecule has 0 fully saturated rings. The summed E-state index contributed by atoms with van der Waals surface area (Å²) in [5.74, 6) is -0.423. The van der Waals surface area contributed by atoms with Gasteiger partial charge in [-0.05, 0) is 41.1 Å². The molecule has 0 aliphatic rings. The van der Waals surface area contributed by atoms with Crippen LogP contribution in [0.3, 0.4) is 0 Å². The summed E-state index contributed by atoms with van der Waals surface area (Å²) >= 11 is 3.07. The number of hydrogen-bond donors (Lipinski definition) is 2. The van der Waals surface area contributed by atoms with E-state index in [1.165, 1.54) is 30.5 Å². The number of nitrogens with two attached hydrogens (primary N) is 1. The first-order valence-corrected chi connectivity index (χ1v) is 9.46. The van der Waals surface area contributed by atoms with Gasteiger partial charge in [0.25, 0.3) is 5.69 Å². The molecule has 0 heterocycles. The molecule has 10 nitrogen and oxygen atoms in total. The van der Waals surface area contributed by atoms with Crippen molar-refractivity contribution in [3.05, 3.63) is 68.2 Å². The molecule has 27 heavy (non-hydrogen) atoms. The first kappa shape index (κ1) is 20.5. The van der Waals surface area contributed by atoms with Gasteiger partial charge in [0.1, 0.15) is 0 Å². The molecule has 0 unspecified atom stereocenters. The number of aryl methyl sites for hydroxylation is 1. The summed E-state index contributed by atoms with van der Waals surface area (Å²) < 4.78 is 28.9. The fourth-order valence-corrected chi connectivity index (χ4v) is 2.93. The van der Waals surface area contributed by atoms with Gasteiger partial charge in [-0.2, -0.15) is 13.5 Å². The van der Waals surface area contributed by atoms with Gasteiger partial charge in [0.05, 0.1) is 20.5 Å². The third-order valence-corrected chi connectivity index (χ3v) is 4.93. The van der Waals surface area contributed by atoms with Gasteiger partial charge in [-0.15, -0.1) is 9.39 Å². The summed E-state index contributed by atoms with van der Waals surface area (Å²) in [7, 11) is -4.07. The molecule has 142 valence electrons. The van der Waals surface area contributed by atoms with Crippen LogP contribution in [0.15, 0.2) is 62.0 Å². The molecule has 0 bridgehead atoms. The van der Waals surface area contributed by atoms with Crippen molar-refractivity contribution in [1.29, 1.82) is 0 Å². The van der Waals surface area contributed by atoms with Crippen molar-refractivity contribution in [3.63, 3.8) is 0 Å². The molecular weight excluding hydrogens is 442 g/mol. The van der Waals surface area contributed by atoms with E-state index in [0.29, 0.717) is 10.0 Å². The van der Waals surface area contributed by atoms with Crippen molar-refractivity contribution >= 4 is 43.9 Å². The van der Waals surface area contributed by atoms with Crippen LogP contribution in [0, 0.1) is 17.0 Å². The van der Waals surface area contributed by atoms with Gasteiger partial charge in [0, 0.05) is 11.6 Å². The molecule has 2 rings (SSSR count). The maximum Gasteiger partial charge on any atom is 0.317 e. The second-order valence-corrected chi connectivity index (χ2v) is 7.55. The van der Waals surface area contributed by atoms with Gasteiger partial charge in [0.15, 0.2) is 0 Å². The summed E-state index contributed by atoms with van der Waals surface area (Å²) in [5, 5.41) is 18.0. The van der Waals surface area contributed by atoms with Crippen molar-refractivity contribution in [2.45, 2.75) is 11.8 Å². The van der Waals surface area contributed by atoms with E-state index in [4.69, 9.17) is 5.73 Å². The molecule has 0 aromatic heterocycles. The molecule has 0 aliphatic heterocycles. The number of hydroxylamine groups is 1. The van der Waals surface area contributed by atoms with Crippen molar-refractivity contribution in [2.75, 3.05) is 0 Å². The second-order valence-electron chi connectivity index (χ2n) is 5.15. The molecule has 0 aliphatic carbocycles. The van der Waals surface area contributed by atoms with Crippen LogP contribution in [0.4, 0.5) is 5.69 Å². The van der Waals surface area contributed by atoms with E-state index in [1.807, 2.05) is 12.4 Å². The topological polar surface area (TPSA) is 149 Å². The molecule has 3 N–H and O–H groups in total. The standard InChI is InChI=1S/C15H14BrN5O5S/c1-10-2-5-12(6-3-10)27(24,25)26-20-15(17)19-18-9-11-4-7-13(16)14(8-11)21(22)23/h2-9H,1H3,(H3,17,19,20). The van der Waals surface area contributed by atoms with Gasteiger partial charge in [-0.1, -0.05) is 23.8 Å². The average Bonchev–Trinajstić information content (AvgIpc) is 2.61. The molecule has 12 heteroatoms. The highest BCUT2D eigenvalue weighted by Gasteiger charge is 2.15. The van der Waals surface area contributed by atoms with Gasteiger partial charge >= 0.3 is 10.1 Å². The summed E-state index contributed by atoms with van der Waals surface area (Å²) in [6, 6.07) is 10.4. The van der Waals surface area contributed by atoms with Crippen LogP contribution in [0.2, 0.25) is 0 Å². The zero-order valence-corrected chi connectivity index (χ0v) is 16.3. The van der Waals surface area contributed by atoms with Crippen LogP contribution in [0.1, 0.15) is 11.1 Å². The Labute approximate surface area is 163 Å². The van der Waals surface area contributed by atoms with E-state index in [9.17, 15) is 18.5 Å². The maximum absolute atomic E-state index is 12.0. The first-order chi connectivity index (χ1) is 12.7. The lowest BCUT2D eigenvalue weighted by molar-refractivity contribution is -0.385. The molecule has 0 atom stereocenters. The smallest absolute Gasteiger partial charge is 0.317 e. The number of benzene rings is 2. The lowest BCUT2D eigenvalue weighted by Crippen LogP contribution is -2.33. The Morgan fingerprint density at radius 1 is 1.30 bits per heavy atom. The van der Waals surface area contributed by atoms with Gasteiger partial charge in [-0.25, -0.2) is 5.48 Å². The van der Waals surface area contributed by atoms with Crippen LogP contribution >= 0.6 is 15.9 Å². The van der Waals surface area contributed by atoms with Gasteiger partial charge in [-0.3, -0.25) is 10.1 Å². The predicted molar refractivity (Wildman–Crippen MR) is 103 cm³/mol. The Morgan fingerprint density at radius 2 is 1.96 bits per heavy atom. The molecular formula is C15H14BrN5O5S. The molecule has 0 saturated carbocycles. The Morgan fingerprint density at radius 3 is 2.59 bits per heavy atom. The fourth-order valence-electron chi connectivity index (χ4n) is 1.78. The molecule has 2 aromatic carbocycles. The number of rotatable bonds is 6. The minimum atomic E-state index is -4.07. The number of nitro benzene ring substituents is 1. The average molecular weight is 456 g/mol. The van der Waals surface area contributed by atoms with E-state index < -0.39 is 21.0 Å². The quantitative estimate of drug-likeness (QED) is 0.293. The summed E-state index contributed by atoms with van der Waals surface area (Å²) in [4.78, 5) is 10.3. The molecule has 0 spiro atoms. The largest absolute Gasteiger partial charge is 0.367 e. The van der Waals surface area contributed by atoms with Crippen molar-refractivity contribution in [2.24, 2.45) is 15.9 Å². The number of halogens is 1. The number of nitro groups is 1. The lowest BCUT2D eigenvalue weighted by Gasteiger charge is -2.06. The summed E-state index contributed by atoms with van der Waals surface area (Å²) in [6.07, 6.45) is 1.21. The third kappa shape index (κ3) is 5.84. The first-order valence-electron chi connectivity index (χ1n) is 7.25. The minimum Gasteiger partial charge on any atom is -0.367 e. The van der Waals surface area contributed by atoms with Crippen LogP contribution < -0.4 is 11.2 Å². The molecule has 0 amide bonds. The molecule has 0 radical (unpaired) electrons. The van der Waals surface area contributed by atoms with Crippen LogP contribution in [-0.4, -0.2) is 25.5 Å². The third-order valence-electron chi connectivity index (χ3n) is 3.10.